The standard InChI is InChI=1S/C9H13IO3/c1-4-6(11)8-7(5-10)12-9(2,3)13-8/h1,6-8,11H,5H2,2-3H3/t6?,7-,8-/m0/s1. The zero-order valence-electron chi connectivity index (χ0n) is 7.66. The topological polar surface area (TPSA) is 38.7 Å². The van der Waals surface area contributed by atoms with Gasteiger partial charge in [0.05, 0.1) is 6.10 Å². The first-order valence-electron chi connectivity index (χ1n) is 4.06. The maximum atomic E-state index is 9.45. The molecule has 1 fully saturated rings. The molecule has 3 atom stereocenters. The molecule has 1 unspecified atom stereocenters. The summed E-state index contributed by atoms with van der Waals surface area (Å²) in [5.74, 6) is 1.62. The Balaban J connectivity index is 2.70. The first kappa shape index (κ1) is 11.2. The van der Waals surface area contributed by atoms with Crippen LogP contribution in [0.15, 0.2) is 0 Å². The molecule has 0 bridgehead atoms. The van der Waals surface area contributed by atoms with Gasteiger partial charge in [0.15, 0.2) is 5.79 Å². The van der Waals surface area contributed by atoms with Crippen molar-refractivity contribution in [2.45, 2.75) is 37.9 Å². The van der Waals surface area contributed by atoms with Gasteiger partial charge in [-0.25, -0.2) is 0 Å². The van der Waals surface area contributed by atoms with Gasteiger partial charge in [0.25, 0.3) is 0 Å². The highest BCUT2D eigenvalue weighted by atomic mass is 127. The summed E-state index contributed by atoms with van der Waals surface area (Å²) in [6, 6.07) is 0. The van der Waals surface area contributed by atoms with Gasteiger partial charge in [-0.3, -0.25) is 0 Å². The van der Waals surface area contributed by atoms with Crippen molar-refractivity contribution in [3.63, 3.8) is 0 Å². The van der Waals surface area contributed by atoms with E-state index in [9.17, 15) is 5.11 Å². The number of ether oxygens (including phenoxy) is 2. The maximum absolute atomic E-state index is 9.45. The van der Waals surface area contributed by atoms with E-state index < -0.39 is 18.0 Å². The van der Waals surface area contributed by atoms with E-state index in [1.54, 1.807) is 0 Å². The van der Waals surface area contributed by atoms with Gasteiger partial charge >= 0.3 is 0 Å². The van der Waals surface area contributed by atoms with Crippen LogP contribution in [-0.4, -0.2) is 33.6 Å². The Labute approximate surface area is 91.9 Å². The summed E-state index contributed by atoms with van der Waals surface area (Å²) < 4.78 is 11.8. The minimum atomic E-state index is -0.887. The van der Waals surface area contributed by atoms with Crippen molar-refractivity contribution in [3.05, 3.63) is 0 Å². The van der Waals surface area contributed by atoms with Crippen molar-refractivity contribution < 1.29 is 14.6 Å². The number of rotatable bonds is 2. The number of halogens is 1. The van der Waals surface area contributed by atoms with Gasteiger partial charge in [0.1, 0.15) is 12.2 Å². The summed E-state index contributed by atoms with van der Waals surface area (Å²) in [6.45, 7) is 3.63. The lowest BCUT2D eigenvalue weighted by atomic mass is 10.1. The number of alkyl halides is 1. The minimum Gasteiger partial charge on any atom is -0.378 e. The molecule has 1 aliphatic heterocycles. The van der Waals surface area contributed by atoms with E-state index in [1.807, 2.05) is 13.8 Å². The van der Waals surface area contributed by atoms with Crippen molar-refractivity contribution >= 4 is 22.6 Å². The van der Waals surface area contributed by atoms with E-state index in [1.165, 1.54) is 0 Å². The Morgan fingerprint density at radius 1 is 1.62 bits per heavy atom. The van der Waals surface area contributed by atoms with Gasteiger partial charge in [-0.05, 0) is 13.8 Å². The fourth-order valence-corrected chi connectivity index (χ4v) is 2.03. The van der Waals surface area contributed by atoms with Gasteiger partial charge < -0.3 is 14.6 Å². The smallest absolute Gasteiger partial charge is 0.163 e. The molecule has 0 saturated carbocycles. The van der Waals surface area contributed by atoms with E-state index in [0.29, 0.717) is 0 Å². The minimum absolute atomic E-state index is 0.123. The van der Waals surface area contributed by atoms with Gasteiger partial charge in [0.2, 0.25) is 0 Å². The second-order valence-electron chi connectivity index (χ2n) is 3.40. The maximum Gasteiger partial charge on any atom is 0.163 e. The number of terminal acetylenes is 1. The molecule has 4 heteroatoms. The fraction of sp³-hybridized carbons (Fsp3) is 0.778. The largest absolute Gasteiger partial charge is 0.378 e. The predicted molar refractivity (Wildman–Crippen MR) is 57.6 cm³/mol. The fourth-order valence-electron chi connectivity index (χ4n) is 1.34. The zero-order chi connectivity index (χ0) is 10.1. The van der Waals surface area contributed by atoms with E-state index in [2.05, 4.69) is 28.5 Å². The van der Waals surface area contributed by atoms with Crippen LogP contribution >= 0.6 is 22.6 Å². The van der Waals surface area contributed by atoms with E-state index >= 15 is 0 Å². The molecule has 1 N–H and O–H groups in total. The summed E-state index contributed by atoms with van der Waals surface area (Å²) in [5.41, 5.74) is 0. The number of aliphatic hydroxyl groups is 1. The molecule has 1 aliphatic rings. The predicted octanol–water partition coefficient (Wildman–Crippen LogP) is 0.936. The highest BCUT2D eigenvalue weighted by Gasteiger charge is 2.43. The van der Waals surface area contributed by atoms with Gasteiger partial charge in [0, 0.05) is 4.43 Å². The molecule has 1 saturated heterocycles. The van der Waals surface area contributed by atoms with Crippen LogP contribution in [0.25, 0.3) is 0 Å². The molecule has 0 aliphatic carbocycles. The lowest BCUT2D eigenvalue weighted by Gasteiger charge is -2.17. The van der Waals surface area contributed by atoms with Crippen LogP contribution in [-0.2, 0) is 9.47 Å². The van der Waals surface area contributed by atoms with Crippen LogP contribution in [0.4, 0.5) is 0 Å². The zero-order valence-corrected chi connectivity index (χ0v) is 9.82. The van der Waals surface area contributed by atoms with Gasteiger partial charge in [-0.2, -0.15) is 0 Å². The summed E-state index contributed by atoms with van der Waals surface area (Å²) >= 11 is 2.19. The van der Waals surface area contributed by atoms with Crippen LogP contribution in [0, 0.1) is 12.3 Å². The van der Waals surface area contributed by atoms with Crippen LogP contribution in [0.1, 0.15) is 13.8 Å². The molecular weight excluding hydrogens is 283 g/mol. The molecule has 74 valence electrons. The SMILES string of the molecule is C#CC(O)[C@@H]1OC(C)(C)O[C@H]1CI. The second-order valence-corrected chi connectivity index (χ2v) is 4.29. The van der Waals surface area contributed by atoms with Gasteiger partial charge in [-0.1, -0.05) is 28.5 Å². The summed E-state index contributed by atoms with van der Waals surface area (Å²) in [4.78, 5) is 0. The second kappa shape index (κ2) is 4.13. The molecule has 0 spiro atoms. The van der Waals surface area contributed by atoms with Crippen molar-refractivity contribution in [2.24, 2.45) is 0 Å². The van der Waals surface area contributed by atoms with E-state index in [4.69, 9.17) is 15.9 Å². The first-order chi connectivity index (χ1) is 6.00. The van der Waals surface area contributed by atoms with Crippen molar-refractivity contribution in [2.75, 3.05) is 4.43 Å². The first-order valence-corrected chi connectivity index (χ1v) is 5.58. The van der Waals surface area contributed by atoms with E-state index in [0.717, 1.165) is 4.43 Å². The van der Waals surface area contributed by atoms with E-state index in [-0.39, 0.29) is 6.10 Å². The van der Waals surface area contributed by atoms with Crippen molar-refractivity contribution in [1.82, 2.24) is 0 Å². The Morgan fingerprint density at radius 2 is 2.23 bits per heavy atom. The molecule has 0 aromatic rings. The average Bonchev–Trinajstić information content (AvgIpc) is 2.39. The van der Waals surface area contributed by atoms with Crippen LogP contribution < -0.4 is 0 Å². The third kappa shape index (κ3) is 2.56. The normalized spacial score (nSPS) is 34.1. The lowest BCUT2D eigenvalue weighted by molar-refractivity contribution is -0.150. The molecule has 13 heavy (non-hydrogen) atoms. The highest BCUT2D eigenvalue weighted by molar-refractivity contribution is 14.1. The summed E-state index contributed by atoms with van der Waals surface area (Å²) in [6.07, 6.45) is 3.70. The molecule has 0 radical (unpaired) electrons. The lowest BCUT2D eigenvalue weighted by Crippen LogP contribution is -2.35. The summed E-state index contributed by atoms with van der Waals surface area (Å²) in [5, 5.41) is 9.45. The van der Waals surface area contributed by atoms with Crippen molar-refractivity contribution in [1.29, 1.82) is 0 Å². The van der Waals surface area contributed by atoms with Crippen LogP contribution in [0.5, 0.6) is 0 Å². The highest BCUT2D eigenvalue weighted by Crippen LogP contribution is 2.30. The van der Waals surface area contributed by atoms with Crippen LogP contribution in [0.2, 0.25) is 0 Å². The average molecular weight is 296 g/mol. The number of hydrogen-bond donors (Lipinski definition) is 1. The Bertz CT molecular complexity index is 221. The molecule has 0 aromatic heterocycles. The monoisotopic (exact) mass is 296 g/mol. The number of hydrogen-bond acceptors (Lipinski definition) is 3. The molecule has 0 amide bonds. The Morgan fingerprint density at radius 3 is 2.69 bits per heavy atom. The Kier molecular flexibility index (Phi) is 3.57. The molecule has 1 heterocycles. The molecule has 3 nitrogen and oxygen atoms in total. The third-order valence-electron chi connectivity index (χ3n) is 1.86. The third-order valence-corrected chi connectivity index (χ3v) is 2.72. The Hall–Kier alpha value is 0.170. The number of aliphatic hydroxyl groups excluding tert-OH is 1. The molecular formula is C9H13IO3. The molecule has 0 aromatic carbocycles. The van der Waals surface area contributed by atoms with Gasteiger partial charge in [-0.15, -0.1) is 6.42 Å². The molecule has 1 rings (SSSR count). The van der Waals surface area contributed by atoms with Crippen molar-refractivity contribution in [3.8, 4) is 12.3 Å². The summed E-state index contributed by atoms with van der Waals surface area (Å²) in [7, 11) is 0. The quantitative estimate of drug-likeness (QED) is 0.468. The van der Waals surface area contributed by atoms with Crippen LogP contribution in [0.3, 0.4) is 0 Å².